The molecule has 0 fully saturated rings. The van der Waals surface area contributed by atoms with Crippen molar-refractivity contribution in [1.29, 1.82) is 0 Å². The highest BCUT2D eigenvalue weighted by molar-refractivity contribution is 6.01. The molecule has 0 bridgehead atoms. The van der Waals surface area contributed by atoms with Gasteiger partial charge in [0.2, 0.25) is 0 Å². The summed E-state index contributed by atoms with van der Waals surface area (Å²) >= 11 is 0. The Hall–Kier alpha value is -2.29. The van der Waals surface area contributed by atoms with Gasteiger partial charge in [-0.25, -0.2) is 0 Å². The van der Waals surface area contributed by atoms with E-state index in [-0.39, 0.29) is 11.8 Å². The summed E-state index contributed by atoms with van der Waals surface area (Å²) in [6, 6.07) is 16.3. The molecular formula is C15H16N2O. The molecule has 0 aromatic heterocycles. The highest BCUT2D eigenvalue weighted by Gasteiger charge is 2.14. The Morgan fingerprint density at radius 3 is 2.28 bits per heavy atom. The molecule has 3 N–H and O–H groups in total. The first-order valence-electron chi connectivity index (χ1n) is 5.88. The van der Waals surface area contributed by atoms with E-state index in [4.69, 9.17) is 5.73 Å². The first kappa shape index (κ1) is 12.2. The fraction of sp³-hybridized carbons (Fsp3) is 0.133. The molecule has 3 heteroatoms. The first-order chi connectivity index (χ1) is 8.66. The molecule has 0 saturated heterocycles. The van der Waals surface area contributed by atoms with Gasteiger partial charge in [0.1, 0.15) is 0 Å². The van der Waals surface area contributed by atoms with Crippen LogP contribution in [0.1, 0.15) is 17.3 Å². The topological polar surface area (TPSA) is 55.1 Å². The molecule has 0 aliphatic rings. The zero-order chi connectivity index (χ0) is 13.0. The number of nitrogen functional groups attached to an aromatic ring is 1. The summed E-state index contributed by atoms with van der Waals surface area (Å²) in [7, 11) is 0. The van der Waals surface area contributed by atoms with Crippen LogP contribution in [0.2, 0.25) is 0 Å². The Morgan fingerprint density at radius 1 is 1.06 bits per heavy atom. The average Bonchev–Trinajstić information content (AvgIpc) is 2.41. The highest BCUT2D eigenvalue weighted by atomic mass is 16.1. The number of Topliss-reactive ketones (excluding diaryl/α,β-unsaturated/α-hetero) is 1. The largest absolute Gasteiger partial charge is 0.399 e. The van der Waals surface area contributed by atoms with Crippen molar-refractivity contribution < 1.29 is 4.79 Å². The van der Waals surface area contributed by atoms with Crippen LogP contribution in [-0.2, 0) is 0 Å². The Balaban J connectivity index is 2.06. The van der Waals surface area contributed by atoms with Crippen molar-refractivity contribution in [1.82, 2.24) is 0 Å². The van der Waals surface area contributed by atoms with Crippen LogP contribution in [0.3, 0.4) is 0 Å². The minimum absolute atomic E-state index is 0.0763. The van der Waals surface area contributed by atoms with E-state index >= 15 is 0 Å². The number of nitrogens with one attached hydrogen (secondary N) is 1. The molecule has 0 saturated carbocycles. The van der Waals surface area contributed by atoms with Crippen molar-refractivity contribution in [2.75, 3.05) is 11.1 Å². The van der Waals surface area contributed by atoms with Crippen LogP contribution in [-0.4, -0.2) is 11.8 Å². The quantitative estimate of drug-likeness (QED) is 0.638. The van der Waals surface area contributed by atoms with Crippen LogP contribution in [0.5, 0.6) is 0 Å². The predicted molar refractivity (Wildman–Crippen MR) is 74.7 cm³/mol. The summed E-state index contributed by atoms with van der Waals surface area (Å²) in [5.74, 6) is 0.0763. The van der Waals surface area contributed by atoms with Crippen molar-refractivity contribution >= 4 is 17.2 Å². The summed E-state index contributed by atoms with van der Waals surface area (Å²) in [6.45, 7) is 1.85. The van der Waals surface area contributed by atoms with Crippen molar-refractivity contribution in [2.24, 2.45) is 0 Å². The van der Waals surface area contributed by atoms with Crippen LogP contribution in [0.4, 0.5) is 11.4 Å². The molecule has 0 spiro atoms. The van der Waals surface area contributed by atoms with Gasteiger partial charge >= 0.3 is 0 Å². The molecule has 0 heterocycles. The molecule has 1 unspecified atom stereocenters. The number of nitrogens with two attached hydrogens (primary N) is 1. The Bertz CT molecular complexity index is 520. The number of benzene rings is 2. The molecule has 0 aliphatic carbocycles. The maximum atomic E-state index is 12.1. The van der Waals surface area contributed by atoms with Gasteiger partial charge in [-0.1, -0.05) is 30.3 Å². The smallest absolute Gasteiger partial charge is 0.184 e. The number of hydrogen-bond donors (Lipinski definition) is 2. The van der Waals surface area contributed by atoms with Gasteiger partial charge in [0.15, 0.2) is 5.78 Å². The van der Waals surface area contributed by atoms with E-state index in [1.807, 2.05) is 61.5 Å². The summed E-state index contributed by atoms with van der Waals surface area (Å²) in [5, 5.41) is 3.16. The Labute approximate surface area is 107 Å². The molecule has 2 aromatic rings. The lowest BCUT2D eigenvalue weighted by Crippen LogP contribution is -2.26. The van der Waals surface area contributed by atoms with E-state index in [1.54, 1.807) is 0 Å². The third-order valence-corrected chi connectivity index (χ3v) is 2.75. The molecule has 3 nitrogen and oxygen atoms in total. The minimum Gasteiger partial charge on any atom is -0.399 e. The van der Waals surface area contributed by atoms with Gasteiger partial charge in [0.25, 0.3) is 0 Å². The van der Waals surface area contributed by atoms with Crippen LogP contribution < -0.4 is 11.1 Å². The molecule has 2 rings (SSSR count). The lowest BCUT2D eigenvalue weighted by molar-refractivity contribution is 0.0975. The molecule has 1 atom stereocenters. The van der Waals surface area contributed by atoms with Crippen molar-refractivity contribution in [3.8, 4) is 0 Å². The summed E-state index contributed by atoms with van der Waals surface area (Å²) < 4.78 is 0. The summed E-state index contributed by atoms with van der Waals surface area (Å²) in [6.07, 6.45) is 0. The second kappa shape index (κ2) is 5.36. The minimum atomic E-state index is -0.268. The summed E-state index contributed by atoms with van der Waals surface area (Å²) in [5.41, 5.74) is 7.93. The van der Waals surface area contributed by atoms with Gasteiger partial charge in [0.05, 0.1) is 6.04 Å². The van der Waals surface area contributed by atoms with Gasteiger partial charge in [0, 0.05) is 16.9 Å². The van der Waals surface area contributed by atoms with E-state index in [2.05, 4.69) is 5.32 Å². The Kier molecular flexibility index (Phi) is 3.63. The maximum Gasteiger partial charge on any atom is 0.184 e. The zero-order valence-corrected chi connectivity index (χ0v) is 10.3. The Morgan fingerprint density at radius 2 is 1.67 bits per heavy atom. The number of hydrogen-bond acceptors (Lipinski definition) is 3. The molecule has 2 aromatic carbocycles. The van der Waals surface area contributed by atoms with E-state index < -0.39 is 0 Å². The van der Waals surface area contributed by atoms with E-state index in [0.29, 0.717) is 11.3 Å². The van der Waals surface area contributed by atoms with Gasteiger partial charge < -0.3 is 11.1 Å². The van der Waals surface area contributed by atoms with Gasteiger partial charge in [-0.05, 0) is 31.2 Å². The van der Waals surface area contributed by atoms with Crippen LogP contribution in [0, 0.1) is 0 Å². The van der Waals surface area contributed by atoms with Crippen LogP contribution in [0.25, 0.3) is 0 Å². The van der Waals surface area contributed by atoms with Crippen molar-refractivity contribution in [3.63, 3.8) is 0 Å². The average molecular weight is 240 g/mol. The summed E-state index contributed by atoms with van der Waals surface area (Å²) in [4.78, 5) is 12.1. The van der Waals surface area contributed by atoms with Crippen molar-refractivity contribution in [3.05, 3.63) is 60.2 Å². The second-order valence-corrected chi connectivity index (χ2v) is 4.22. The third-order valence-electron chi connectivity index (χ3n) is 2.75. The third kappa shape index (κ3) is 2.88. The lowest BCUT2D eigenvalue weighted by atomic mass is 10.1. The molecule has 18 heavy (non-hydrogen) atoms. The van der Waals surface area contributed by atoms with Crippen LogP contribution in [0.15, 0.2) is 54.6 Å². The van der Waals surface area contributed by atoms with E-state index in [9.17, 15) is 4.79 Å². The standard InChI is InChI=1S/C15H16N2O/c1-11(15(18)12-5-3-2-4-6-12)17-14-9-7-13(16)8-10-14/h2-11,17H,16H2,1H3. The van der Waals surface area contributed by atoms with Crippen molar-refractivity contribution in [2.45, 2.75) is 13.0 Å². The number of ketones is 1. The van der Waals surface area contributed by atoms with Crippen LogP contribution >= 0.6 is 0 Å². The normalized spacial score (nSPS) is 11.8. The molecule has 0 amide bonds. The molecule has 0 radical (unpaired) electrons. The molecular weight excluding hydrogens is 224 g/mol. The maximum absolute atomic E-state index is 12.1. The van der Waals surface area contributed by atoms with E-state index in [0.717, 1.165) is 5.69 Å². The zero-order valence-electron chi connectivity index (χ0n) is 10.3. The fourth-order valence-corrected chi connectivity index (χ4v) is 1.75. The highest BCUT2D eigenvalue weighted by Crippen LogP contribution is 2.13. The van der Waals surface area contributed by atoms with E-state index in [1.165, 1.54) is 0 Å². The predicted octanol–water partition coefficient (Wildman–Crippen LogP) is 2.95. The van der Waals surface area contributed by atoms with Gasteiger partial charge in [-0.2, -0.15) is 0 Å². The number of rotatable bonds is 4. The molecule has 92 valence electrons. The van der Waals surface area contributed by atoms with Gasteiger partial charge in [-0.3, -0.25) is 4.79 Å². The first-order valence-corrected chi connectivity index (χ1v) is 5.88. The second-order valence-electron chi connectivity index (χ2n) is 4.22. The lowest BCUT2D eigenvalue weighted by Gasteiger charge is -2.14. The molecule has 0 aliphatic heterocycles. The fourth-order valence-electron chi connectivity index (χ4n) is 1.75. The number of carbonyl (C=O) groups excluding carboxylic acids is 1. The van der Waals surface area contributed by atoms with Gasteiger partial charge in [-0.15, -0.1) is 0 Å². The number of carbonyl (C=O) groups is 1. The SMILES string of the molecule is CC(Nc1ccc(N)cc1)C(=O)c1ccccc1. The number of anilines is 2. The monoisotopic (exact) mass is 240 g/mol.